The number of ether oxygens (including phenoxy) is 1. The van der Waals surface area contributed by atoms with Gasteiger partial charge in [-0.3, -0.25) is 5.32 Å². The number of aryl methyl sites for hydroxylation is 1. The van der Waals surface area contributed by atoms with Crippen molar-refractivity contribution in [1.82, 2.24) is 34.4 Å². The first-order chi connectivity index (χ1) is 14.2. The summed E-state index contributed by atoms with van der Waals surface area (Å²) in [6.07, 6.45) is 1.73. The maximum Gasteiger partial charge on any atom is 0.335 e. The van der Waals surface area contributed by atoms with Crippen molar-refractivity contribution in [3.05, 3.63) is 35.1 Å². The predicted octanol–water partition coefficient (Wildman–Crippen LogP) is 1.66. The average molecular weight is 471 g/mol. The molecule has 12 nitrogen and oxygen atoms in total. The second kappa shape index (κ2) is 8.81. The molecule has 0 atom stereocenters. The van der Waals surface area contributed by atoms with E-state index < -0.39 is 16.1 Å². The summed E-state index contributed by atoms with van der Waals surface area (Å²) >= 11 is 7.10. The van der Waals surface area contributed by atoms with Gasteiger partial charge in [0.15, 0.2) is 5.16 Å². The number of nitrogens with one attached hydrogen (secondary N) is 2. The van der Waals surface area contributed by atoms with Gasteiger partial charge in [0.2, 0.25) is 0 Å². The smallest absolute Gasteiger partial charge is 0.335 e. The molecule has 3 rings (SSSR count). The standard InChI is InChI=1S/C15H15ClN8O4S2/c1-8-17-12(21-14(18-8)28-2)24-15(29-3)20-11(22-24)19-13(25)23-30(26,27)10-7-5-4-6-9(10)16/h4-7H,1-3H3,(H2,19,22,23,25). The van der Waals surface area contributed by atoms with Gasteiger partial charge >= 0.3 is 12.0 Å². The summed E-state index contributed by atoms with van der Waals surface area (Å²) < 4.78 is 32.9. The molecule has 0 unspecified atom stereocenters. The number of thioether (sulfide) groups is 1. The first-order valence-corrected chi connectivity index (χ1v) is 11.2. The van der Waals surface area contributed by atoms with Crippen LogP contribution >= 0.6 is 23.4 Å². The molecule has 0 saturated carbocycles. The van der Waals surface area contributed by atoms with E-state index in [0.717, 1.165) is 0 Å². The number of carbonyl (C=O) groups excluding carboxylic acids is 1. The number of hydrogen-bond donors (Lipinski definition) is 2. The zero-order valence-electron chi connectivity index (χ0n) is 15.8. The highest BCUT2D eigenvalue weighted by Gasteiger charge is 2.22. The first kappa shape index (κ1) is 21.7. The molecule has 0 radical (unpaired) electrons. The molecule has 0 aliphatic carbocycles. The molecule has 0 bridgehead atoms. The molecule has 3 aromatic rings. The van der Waals surface area contributed by atoms with E-state index in [0.29, 0.717) is 11.0 Å². The number of halogens is 1. The van der Waals surface area contributed by atoms with Gasteiger partial charge in [-0.25, -0.2) is 17.9 Å². The van der Waals surface area contributed by atoms with Crippen LogP contribution in [0.15, 0.2) is 34.3 Å². The van der Waals surface area contributed by atoms with Crippen LogP contribution in [0, 0.1) is 6.92 Å². The molecular formula is C15H15ClN8O4S2. The molecule has 2 heterocycles. The largest absolute Gasteiger partial charge is 0.467 e. The molecule has 2 N–H and O–H groups in total. The van der Waals surface area contributed by atoms with Crippen LogP contribution in [-0.4, -0.2) is 57.5 Å². The molecule has 0 fully saturated rings. The lowest BCUT2D eigenvalue weighted by Gasteiger charge is -2.07. The minimum atomic E-state index is -4.20. The SMILES string of the molecule is COc1nc(C)nc(-n2nc(NC(=O)NS(=O)(=O)c3ccccc3Cl)nc2SC)n1. The average Bonchev–Trinajstić information content (AvgIpc) is 3.09. The number of urea groups is 1. The zero-order chi connectivity index (χ0) is 21.9. The van der Waals surface area contributed by atoms with Gasteiger partial charge in [0.05, 0.1) is 12.1 Å². The number of sulfonamides is 1. The Labute approximate surface area is 180 Å². The molecule has 0 saturated heterocycles. The van der Waals surface area contributed by atoms with Crippen molar-refractivity contribution in [1.29, 1.82) is 0 Å². The third kappa shape index (κ3) is 4.77. The van der Waals surface area contributed by atoms with Crippen LogP contribution in [0.2, 0.25) is 5.02 Å². The Morgan fingerprint density at radius 2 is 1.93 bits per heavy atom. The number of amides is 2. The van der Waals surface area contributed by atoms with Crippen molar-refractivity contribution in [3.63, 3.8) is 0 Å². The van der Waals surface area contributed by atoms with E-state index in [9.17, 15) is 13.2 Å². The van der Waals surface area contributed by atoms with Crippen LogP contribution in [0.5, 0.6) is 6.01 Å². The van der Waals surface area contributed by atoms with Crippen LogP contribution in [-0.2, 0) is 10.0 Å². The van der Waals surface area contributed by atoms with E-state index in [2.05, 4.69) is 30.4 Å². The van der Waals surface area contributed by atoms with Crippen LogP contribution < -0.4 is 14.8 Å². The number of rotatable bonds is 6. The van der Waals surface area contributed by atoms with Crippen LogP contribution in [0.1, 0.15) is 5.82 Å². The molecule has 2 aromatic heterocycles. The Morgan fingerprint density at radius 3 is 2.60 bits per heavy atom. The van der Waals surface area contributed by atoms with Gasteiger partial charge < -0.3 is 4.74 Å². The number of anilines is 1. The van der Waals surface area contributed by atoms with Crippen molar-refractivity contribution >= 4 is 45.4 Å². The Hall–Kier alpha value is -2.97. The Bertz CT molecular complexity index is 1200. The molecule has 15 heteroatoms. The number of carbonyl (C=O) groups is 1. The highest BCUT2D eigenvalue weighted by atomic mass is 35.5. The van der Waals surface area contributed by atoms with Crippen LogP contribution in [0.4, 0.5) is 10.7 Å². The topological polar surface area (TPSA) is 154 Å². The summed E-state index contributed by atoms with van der Waals surface area (Å²) in [5.74, 6) is 0.342. The highest BCUT2D eigenvalue weighted by molar-refractivity contribution is 7.98. The first-order valence-electron chi connectivity index (χ1n) is 8.10. The van der Waals surface area contributed by atoms with Gasteiger partial charge in [-0.2, -0.15) is 24.6 Å². The summed E-state index contributed by atoms with van der Waals surface area (Å²) in [7, 11) is -2.79. The van der Waals surface area contributed by atoms with Crippen LogP contribution in [0.3, 0.4) is 0 Å². The van der Waals surface area contributed by atoms with Gasteiger partial charge in [-0.1, -0.05) is 35.5 Å². The number of methoxy groups -OCH3 is 1. The van der Waals surface area contributed by atoms with Crippen molar-refractivity contribution in [2.45, 2.75) is 17.0 Å². The number of benzene rings is 1. The second-order valence-electron chi connectivity index (χ2n) is 5.49. The number of aromatic nitrogens is 6. The number of hydrogen-bond acceptors (Lipinski definition) is 10. The molecular weight excluding hydrogens is 456 g/mol. The fourth-order valence-corrected chi connectivity index (χ4v) is 4.11. The maximum absolute atomic E-state index is 12.4. The number of nitrogens with zero attached hydrogens (tertiary/aromatic N) is 6. The lowest BCUT2D eigenvalue weighted by Crippen LogP contribution is -2.34. The van der Waals surface area contributed by atoms with E-state index in [1.54, 1.807) is 19.2 Å². The van der Waals surface area contributed by atoms with E-state index in [1.807, 2.05) is 4.72 Å². The van der Waals surface area contributed by atoms with Gasteiger partial charge in [0.25, 0.3) is 21.9 Å². The quantitative estimate of drug-likeness (QED) is 0.508. The Balaban J connectivity index is 1.83. The van der Waals surface area contributed by atoms with Gasteiger partial charge in [-0.15, -0.1) is 5.10 Å². The summed E-state index contributed by atoms with van der Waals surface area (Å²) in [6.45, 7) is 1.65. The molecule has 0 aliphatic rings. The van der Waals surface area contributed by atoms with E-state index in [1.165, 1.54) is 41.8 Å². The molecule has 0 aliphatic heterocycles. The maximum atomic E-state index is 12.4. The van der Waals surface area contributed by atoms with Gasteiger partial charge in [-0.05, 0) is 25.3 Å². The minimum Gasteiger partial charge on any atom is -0.467 e. The molecule has 30 heavy (non-hydrogen) atoms. The lowest BCUT2D eigenvalue weighted by atomic mass is 10.4. The molecule has 158 valence electrons. The van der Waals surface area contributed by atoms with Gasteiger partial charge in [0, 0.05) is 0 Å². The van der Waals surface area contributed by atoms with E-state index >= 15 is 0 Å². The normalized spacial score (nSPS) is 11.2. The summed E-state index contributed by atoms with van der Waals surface area (Å²) in [5.41, 5.74) is 0. The van der Waals surface area contributed by atoms with Crippen molar-refractivity contribution < 1.29 is 17.9 Å². The third-order valence-electron chi connectivity index (χ3n) is 3.43. The summed E-state index contributed by atoms with van der Waals surface area (Å²) in [6, 6.07) is 4.74. The molecule has 2 amide bonds. The summed E-state index contributed by atoms with van der Waals surface area (Å²) in [4.78, 5) is 28.4. The Morgan fingerprint density at radius 1 is 1.20 bits per heavy atom. The Kier molecular flexibility index (Phi) is 6.38. The van der Waals surface area contributed by atoms with E-state index in [4.69, 9.17) is 16.3 Å². The third-order valence-corrected chi connectivity index (χ3v) is 5.89. The van der Waals surface area contributed by atoms with Crippen molar-refractivity contribution in [3.8, 4) is 12.0 Å². The van der Waals surface area contributed by atoms with Gasteiger partial charge in [0.1, 0.15) is 10.7 Å². The molecule has 1 aromatic carbocycles. The summed E-state index contributed by atoms with van der Waals surface area (Å²) in [5, 5.41) is 6.69. The molecule has 0 spiro atoms. The van der Waals surface area contributed by atoms with Crippen molar-refractivity contribution in [2.24, 2.45) is 0 Å². The highest BCUT2D eigenvalue weighted by Crippen LogP contribution is 2.21. The fourth-order valence-electron chi connectivity index (χ4n) is 2.21. The second-order valence-corrected chi connectivity index (χ2v) is 8.32. The predicted molar refractivity (Wildman–Crippen MR) is 109 cm³/mol. The lowest BCUT2D eigenvalue weighted by molar-refractivity contribution is 0.256. The fraction of sp³-hybridized carbons (Fsp3) is 0.200. The monoisotopic (exact) mass is 470 g/mol. The minimum absolute atomic E-state index is 0.0241. The van der Waals surface area contributed by atoms with Crippen LogP contribution in [0.25, 0.3) is 5.95 Å². The van der Waals surface area contributed by atoms with E-state index in [-0.39, 0.29) is 27.8 Å². The zero-order valence-corrected chi connectivity index (χ0v) is 18.2. The van der Waals surface area contributed by atoms with Crippen molar-refractivity contribution in [2.75, 3.05) is 18.7 Å².